The zero-order chi connectivity index (χ0) is 18.8. The predicted octanol–water partition coefficient (Wildman–Crippen LogP) is 4.82. The van der Waals surface area contributed by atoms with E-state index in [0.717, 1.165) is 39.1 Å². The second-order valence-corrected chi connectivity index (χ2v) is 6.72. The normalized spacial score (nSPS) is 10.9. The van der Waals surface area contributed by atoms with Gasteiger partial charge in [-0.3, -0.25) is 4.79 Å². The molecule has 4 rings (SSSR count). The van der Waals surface area contributed by atoms with Crippen molar-refractivity contribution in [1.29, 1.82) is 0 Å². The van der Waals surface area contributed by atoms with Crippen LogP contribution in [-0.4, -0.2) is 15.7 Å². The van der Waals surface area contributed by atoms with Crippen LogP contribution >= 0.6 is 0 Å². The van der Waals surface area contributed by atoms with Crippen LogP contribution in [-0.2, 0) is 11.2 Å². The van der Waals surface area contributed by atoms with E-state index >= 15 is 0 Å². The highest BCUT2D eigenvalue weighted by atomic mass is 16.1. The Balaban J connectivity index is 1.61. The van der Waals surface area contributed by atoms with Gasteiger partial charge in [-0.05, 0) is 48.4 Å². The zero-order valence-electron chi connectivity index (χ0n) is 15.4. The van der Waals surface area contributed by atoms with E-state index in [2.05, 4.69) is 28.6 Å². The summed E-state index contributed by atoms with van der Waals surface area (Å²) in [4.78, 5) is 12.8. The minimum Gasteiger partial charge on any atom is -0.324 e. The Morgan fingerprint density at radius 2 is 1.70 bits per heavy atom. The fourth-order valence-corrected chi connectivity index (χ4v) is 3.45. The Labute approximate surface area is 158 Å². The van der Waals surface area contributed by atoms with Crippen LogP contribution in [0.4, 0.5) is 5.69 Å². The highest BCUT2D eigenvalue weighted by molar-refractivity contribution is 5.97. The molecule has 0 saturated heterocycles. The van der Waals surface area contributed by atoms with Gasteiger partial charge in [-0.1, -0.05) is 54.6 Å². The summed E-state index contributed by atoms with van der Waals surface area (Å²) in [6.07, 6.45) is 0.326. The van der Waals surface area contributed by atoms with Crippen molar-refractivity contribution < 1.29 is 4.79 Å². The molecule has 0 aliphatic heterocycles. The van der Waals surface area contributed by atoms with Crippen molar-refractivity contribution in [1.82, 2.24) is 9.78 Å². The molecule has 4 nitrogen and oxygen atoms in total. The lowest BCUT2D eigenvalue weighted by Gasteiger charge is -2.13. The number of amides is 1. The second kappa shape index (κ2) is 7.08. The summed E-state index contributed by atoms with van der Waals surface area (Å²) in [5.41, 5.74) is 4.63. The summed E-state index contributed by atoms with van der Waals surface area (Å²) in [5.74, 6) is -0.0414. The number of carbonyl (C=O) groups is 1. The fraction of sp³-hybridized carbons (Fsp3) is 0.130. The number of nitrogens with zero attached hydrogens (tertiary/aromatic N) is 2. The van der Waals surface area contributed by atoms with E-state index < -0.39 is 0 Å². The molecule has 134 valence electrons. The molecule has 1 aromatic heterocycles. The van der Waals surface area contributed by atoms with Gasteiger partial charge in [0.25, 0.3) is 0 Å². The second-order valence-electron chi connectivity index (χ2n) is 6.72. The third-order valence-corrected chi connectivity index (χ3v) is 4.65. The van der Waals surface area contributed by atoms with E-state index in [1.165, 1.54) is 0 Å². The Hall–Kier alpha value is -3.40. The van der Waals surface area contributed by atoms with Crippen LogP contribution in [0.25, 0.3) is 16.5 Å². The number of aryl methyl sites for hydroxylation is 2. The van der Waals surface area contributed by atoms with Gasteiger partial charge in [0.2, 0.25) is 5.91 Å². The third-order valence-electron chi connectivity index (χ3n) is 4.65. The number of anilines is 1. The molecule has 0 aliphatic carbocycles. The first-order valence-electron chi connectivity index (χ1n) is 9.01. The molecular weight excluding hydrogens is 334 g/mol. The first kappa shape index (κ1) is 17.0. The van der Waals surface area contributed by atoms with E-state index in [-0.39, 0.29) is 5.91 Å². The van der Waals surface area contributed by atoms with Crippen molar-refractivity contribution in [2.24, 2.45) is 0 Å². The van der Waals surface area contributed by atoms with Crippen molar-refractivity contribution in [2.45, 2.75) is 20.3 Å². The largest absolute Gasteiger partial charge is 0.324 e. The molecule has 27 heavy (non-hydrogen) atoms. The van der Waals surface area contributed by atoms with Crippen molar-refractivity contribution in [2.75, 3.05) is 5.32 Å². The van der Waals surface area contributed by atoms with Crippen LogP contribution < -0.4 is 5.32 Å². The molecule has 0 atom stereocenters. The summed E-state index contributed by atoms with van der Waals surface area (Å²) >= 11 is 0. The van der Waals surface area contributed by atoms with Gasteiger partial charge in [-0.2, -0.15) is 5.10 Å². The standard InChI is InChI=1S/C23H21N3O/c1-16-14-17(2)26(25-16)22-13-6-5-12-21(22)24-23(27)15-19-10-7-9-18-8-3-4-11-20(18)19/h3-14H,15H2,1-2H3,(H,24,27). The molecule has 1 amide bonds. The fourth-order valence-electron chi connectivity index (χ4n) is 3.45. The maximum absolute atomic E-state index is 12.8. The van der Waals surface area contributed by atoms with Gasteiger partial charge in [-0.15, -0.1) is 0 Å². The molecule has 0 radical (unpaired) electrons. The quantitative estimate of drug-likeness (QED) is 0.570. The average Bonchev–Trinajstić information content (AvgIpc) is 3.00. The van der Waals surface area contributed by atoms with Crippen molar-refractivity contribution in [3.05, 3.63) is 89.7 Å². The van der Waals surface area contributed by atoms with Crippen molar-refractivity contribution in [3.8, 4) is 5.69 Å². The van der Waals surface area contributed by atoms with Crippen LogP contribution in [0.3, 0.4) is 0 Å². The van der Waals surface area contributed by atoms with Crippen LogP contribution in [0, 0.1) is 13.8 Å². The van der Waals surface area contributed by atoms with E-state index in [4.69, 9.17) is 0 Å². The van der Waals surface area contributed by atoms with Crippen LogP contribution in [0.1, 0.15) is 17.0 Å². The number of carbonyl (C=O) groups excluding carboxylic acids is 1. The monoisotopic (exact) mass is 355 g/mol. The third kappa shape index (κ3) is 3.47. The predicted molar refractivity (Wildman–Crippen MR) is 109 cm³/mol. The van der Waals surface area contributed by atoms with Gasteiger partial charge in [0.15, 0.2) is 0 Å². The van der Waals surface area contributed by atoms with Gasteiger partial charge in [-0.25, -0.2) is 4.68 Å². The average molecular weight is 355 g/mol. The number of fused-ring (bicyclic) bond motifs is 1. The number of para-hydroxylation sites is 2. The number of aromatic nitrogens is 2. The minimum absolute atomic E-state index is 0.0414. The topological polar surface area (TPSA) is 46.9 Å². The summed E-state index contributed by atoms with van der Waals surface area (Å²) in [6, 6.07) is 24.0. The molecule has 0 unspecified atom stereocenters. The highest BCUT2D eigenvalue weighted by Crippen LogP contribution is 2.23. The van der Waals surface area contributed by atoms with E-state index in [0.29, 0.717) is 6.42 Å². The summed E-state index contributed by atoms with van der Waals surface area (Å²) in [5, 5.41) is 9.85. The number of nitrogens with one attached hydrogen (secondary N) is 1. The lowest BCUT2D eigenvalue weighted by atomic mass is 10.0. The van der Waals surface area contributed by atoms with Gasteiger partial charge >= 0.3 is 0 Å². The van der Waals surface area contributed by atoms with Gasteiger partial charge in [0.1, 0.15) is 0 Å². The molecule has 0 fully saturated rings. The number of hydrogen-bond acceptors (Lipinski definition) is 2. The molecule has 0 aliphatic rings. The lowest BCUT2D eigenvalue weighted by Crippen LogP contribution is -2.16. The molecule has 0 bridgehead atoms. The summed E-state index contributed by atoms with van der Waals surface area (Å²) < 4.78 is 1.86. The van der Waals surface area contributed by atoms with Crippen molar-refractivity contribution >= 4 is 22.4 Å². The Morgan fingerprint density at radius 1 is 0.963 bits per heavy atom. The first-order chi connectivity index (χ1) is 13.1. The van der Waals surface area contributed by atoms with Crippen LogP contribution in [0.15, 0.2) is 72.8 Å². The molecule has 1 heterocycles. The molecular formula is C23H21N3O. The van der Waals surface area contributed by atoms with E-state index in [9.17, 15) is 4.79 Å². The molecule has 0 spiro atoms. The Morgan fingerprint density at radius 3 is 2.52 bits per heavy atom. The van der Waals surface area contributed by atoms with Crippen LogP contribution in [0.2, 0.25) is 0 Å². The van der Waals surface area contributed by atoms with Gasteiger partial charge in [0, 0.05) is 5.69 Å². The highest BCUT2D eigenvalue weighted by Gasteiger charge is 2.12. The lowest BCUT2D eigenvalue weighted by molar-refractivity contribution is -0.115. The number of rotatable bonds is 4. The molecule has 4 aromatic rings. The summed E-state index contributed by atoms with van der Waals surface area (Å²) in [7, 11) is 0. The SMILES string of the molecule is Cc1cc(C)n(-c2ccccc2NC(=O)Cc2cccc3ccccc23)n1. The van der Waals surface area contributed by atoms with Gasteiger partial charge in [0.05, 0.1) is 23.5 Å². The smallest absolute Gasteiger partial charge is 0.228 e. The molecule has 4 heteroatoms. The Bertz CT molecular complexity index is 1120. The van der Waals surface area contributed by atoms with E-state index in [1.807, 2.05) is 73.1 Å². The first-order valence-corrected chi connectivity index (χ1v) is 9.01. The van der Waals surface area contributed by atoms with Gasteiger partial charge < -0.3 is 5.32 Å². The minimum atomic E-state index is -0.0414. The Kier molecular flexibility index (Phi) is 4.47. The van der Waals surface area contributed by atoms with E-state index in [1.54, 1.807) is 0 Å². The molecule has 3 aromatic carbocycles. The van der Waals surface area contributed by atoms with Crippen molar-refractivity contribution in [3.63, 3.8) is 0 Å². The maximum atomic E-state index is 12.8. The zero-order valence-corrected chi connectivity index (χ0v) is 15.4. The number of benzene rings is 3. The summed E-state index contributed by atoms with van der Waals surface area (Å²) in [6.45, 7) is 3.97. The maximum Gasteiger partial charge on any atom is 0.228 e. The molecule has 0 saturated carbocycles. The van der Waals surface area contributed by atoms with Crippen LogP contribution in [0.5, 0.6) is 0 Å². The number of hydrogen-bond donors (Lipinski definition) is 1. The molecule has 1 N–H and O–H groups in total.